The van der Waals surface area contributed by atoms with E-state index in [1.807, 2.05) is 34.5 Å². The average Bonchev–Trinajstić information content (AvgIpc) is 3.24. The highest BCUT2D eigenvalue weighted by molar-refractivity contribution is 7.13. The number of hydrogen-bond acceptors (Lipinski definition) is 6. The fraction of sp³-hybridized carbons (Fsp3) is 0.273. The van der Waals surface area contributed by atoms with Gasteiger partial charge in [0.25, 0.3) is 0 Å². The Hall–Kier alpha value is -3.10. The third-order valence-electron chi connectivity index (χ3n) is 5.16. The van der Waals surface area contributed by atoms with E-state index in [1.165, 1.54) is 11.3 Å². The summed E-state index contributed by atoms with van der Waals surface area (Å²) >= 11 is 1.54. The molecule has 2 N–H and O–H groups in total. The second-order valence-electron chi connectivity index (χ2n) is 7.28. The molecule has 0 spiro atoms. The van der Waals surface area contributed by atoms with Crippen molar-refractivity contribution in [3.63, 3.8) is 0 Å². The molecule has 1 saturated heterocycles. The lowest BCUT2D eigenvalue weighted by molar-refractivity contribution is -0.132. The lowest BCUT2D eigenvalue weighted by Crippen LogP contribution is -2.48. The van der Waals surface area contributed by atoms with Gasteiger partial charge in [0.05, 0.1) is 12.1 Å². The Morgan fingerprint density at radius 3 is 2.50 bits per heavy atom. The van der Waals surface area contributed by atoms with Gasteiger partial charge in [-0.1, -0.05) is 12.1 Å². The molecule has 1 aromatic carbocycles. The number of amides is 2. The van der Waals surface area contributed by atoms with Gasteiger partial charge in [-0.05, 0) is 29.8 Å². The van der Waals surface area contributed by atoms with Crippen LogP contribution >= 0.6 is 11.3 Å². The highest BCUT2D eigenvalue weighted by atomic mass is 32.1. The predicted molar refractivity (Wildman–Crippen MR) is 116 cm³/mol. The molecule has 30 heavy (non-hydrogen) atoms. The van der Waals surface area contributed by atoms with E-state index in [1.54, 1.807) is 24.5 Å². The van der Waals surface area contributed by atoms with Crippen molar-refractivity contribution < 1.29 is 9.59 Å². The van der Waals surface area contributed by atoms with E-state index in [4.69, 9.17) is 5.73 Å². The van der Waals surface area contributed by atoms with E-state index in [0.29, 0.717) is 25.1 Å². The lowest BCUT2D eigenvalue weighted by Gasteiger charge is -2.34. The van der Waals surface area contributed by atoms with Crippen LogP contribution in [0, 0.1) is 0 Å². The van der Waals surface area contributed by atoms with Gasteiger partial charge in [-0.25, -0.2) is 4.98 Å². The summed E-state index contributed by atoms with van der Waals surface area (Å²) in [6.07, 6.45) is 3.84. The number of carbonyl (C=O) groups excluding carboxylic acids is 2. The molecule has 1 aliphatic rings. The molecule has 0 saturated carbocycles. The highest BCUT2D eigenvalue weighted by Crippen LogP contribution is 2.23. The maximum atomic E-state index is 12.7. The normalized spacial score (nSPS) is 14.6. The molecule has 0 atom stereocenters. The number of nitrogens with two attached hydrogens (primary N) is 1. The lowest BCUT2D eigenvalue weighted by atomic mass is 10.1. The number of benzene rings is 1. The number of nitrogens with zero attached hydrogens (tertiary/aromatic N) is 4. The van der Waals surface area contributed by atoms with E-state index in [9.17, 15) is 9.59 Å². The molecule has 3 aromatic rings. The zero-order chi connectivity index (χ0) is 20.9. The van der Waals surface area contributed by atoms with Gasteiger partial charge in [0.1, 0.15) is 5.01 Å². The SMILES string of the molecule is NC(=O)c1ccc(CN2CCN(C(=O)Cc3csc(-c4cccnc4)n3)CC2)cc1. The topological polar surface area (TPSA) is 92.4 Å². The van der Waals surface area contributed by atoms with E-state index < -0.39 is 5.91 Å². The van der Waals surface area contributed by atoms with Crippen molar-refractivity contribution in [2.24, 2.45) is 5.73 Å². The first-order valence-corrected chi connectivity index (χ1v) is 10.7. The Labute approximate surface area is 179 Å². The summed E-state index contributed by atoms with van der Waals surface area (Å²) in [4.78, 5) is 36.8. The number of aromatic nitrogens is 2. The number of rotatable bonds is 6. The van der Waals surface area contributed by atoms with Crippen molar-refractivity contribution in [2.75, 3.05) is 26.2 Å². The second kappa shape index (κ2) is 9.15. The standard InChI is InChI=1S/C22H23N5O2S/c23-21(29)17-5-3-16(4-6-17)14-26-8-10-27(11-9-26)20(28)12-19-15-30-22(25-19)18-2-1-7-24-13-18/h1-7,13,15H,8-12,14H2,(H2,23,29). The first kappa shape index (κ1) is 20.2. The number of hydrogen-bond donors (Lipinski definition) is 1. The third-order valence-corrected chi connectivity index (χ3v) is 6.10. The molecule has 0 aliphatic carbocycles. The van der Waals surface area contributed by atoms with Crippen LogP contribution in [0.2, 0.25) is 0 Å². The van der Waals surface area contributed by atoms with Crippen molar-refractivity contribution in [3.8, 4) is 10.6 Å². The zero-order valence-corrected chi connectivity index (χ0v) is 17.3. The average molecular weight is 422 g/mol. The Kier molecular flexibility index (Phi) is 6.15. The van der Waals surface area contributed by atoms with Gasteiger partial charge >= 0.3 is 0 Å². The maximum Gasteiger partial charge on any atom is 0.248 e. The van der Waals surface area contributed by atoms with E-state index in [-0.39, 0.29) is 5.91 Å². The van der Waals surface area contributed by atoms with Crippen LogP contribution in [-0.2, 0) is 17.8 Å². The molecular weight excluding hydrogens is 398 g/mol. The summed E-state index contributed by atoms with van der Waals surface area (Å²) in [5.74, 6) is -0.301. The van der Waals surface area contributed by atoms with Gasteiger partial charge in [0.2, 0.25) is 11.8 Å². The van der Waals surface area contributed by atoms with E-state index >= 15 is 0 Å². The minimum atomic E-state index is -0.415. The largest absolute Gasteiger partial charge is 0.366 e. The van der Waals surface area contributed by atoms with Crippen molar-refractivity contribution >= 4 is 23.2 Å². The smallest absolute Gasteiger partial charge is 0.248 e. The minimum Gasteiger partial charge on any atom is -0.366 e. The summed E-state index contributed by atoms with van der Waals surface area (Å²) in [7, 11) is 0. The summed E-state index contributed by atoms with van der Waals surface area (Å²) in [6.45, 7) is 3.85. The minimum absolute atomic E-state index is 0.114. The molecule has 1 aliphatic heterocycles. The Balaban J connectivity index is 1.27. The zero-order valence-electron chi connectivity index (χ0n) is 16.5. The summed E-state index contributed by atoms with van der Waals surface area (Å²) in [6, 6.07) is 11.2. The van der Waals surface area contributed by atoms with E-state index in [0.717, 1.165) is 41.5 Å². The molecule has 0 unspecified atom stereocenters. The van der Waals surface area contributed by atoms with E-state index in [2.05, 4.69) is 14.9 Å². The van der Waals surface area contributed by atoms with Crippen LogP contribution in [0.25, 0.3) is 10.6 Å². The van der Waals surface area contributed by atoms with Crippen LogP contribution < -0.4 is 5.73 Å². The number of thiazole rings is 1. The molecule has 4 rings (SSSR count). The highest BCUT2D eigenvalue weighted by Gasteiger charge is 2.22. The molecule has 3 heterocycles. The summed E-state index contributed by atoms with van der Waals surface area (Å²) in [5.41, 5.74) is 8.71. The van der Waals surface area contributed by atoms with Crippen LogP contribution in [0.4, 0.5) is 0 Å². The molecule has 2 amide bonds. The quantitative estimate of drug-likeness (QED) is 0.659. The van der Waals surface area contributed by atoms with Crippen molar-refractivity contribution in [2.45, 2.75) is 13.0 Å². The fourth-order valence-electron chi connectivity index (χ4n) is 3.46. The fourth-order valence-corrected chi connectivity index (χ4v) is 4.28. The monoisotopic (exact) mass is 421 g/mol. The first-order valence-electron chi connectivity index (χ1n) is 9.82. The van der Waals surface area contributed by atoms with Gasteiger partial charge in [0.15, 0.2) is 0 Å². The second-order valence-corrected chi connectivity index (χ2v) is 8.14. The molecule has 0 bridgehead atoms. The van der Waals surface area contributed by atoms with Crippen LogP contribution in [0.5, 0.6) is 0 Å². The first-order chi connectivity index (χ1) is 14.6. The Bertz CT molecular complexity index is 1010. The molecule has 0 radical (unpaired) electrons. The predicted octanol–water partition coefficient (Wildman–Crippen LogP) is 2.19. The Morgan fingerprint density at radius 1 is 1.07 bits per heavy atom. The van der Waals surface area contributed by atoms with Crippen LogP contribution in [0.15, 0.2) is 54.2 Å². The third kappa shape index (κ3) is 4.90. The summed E-state index contributed by atoms with van der Waals surface area (Å²) < 4.78 is 0. The molecular formula is C22H23N5O2S. The number of piperazine rings is 1. The maximum absolute atomic E-state index is 12.7. The van der Waals surface area contributed by atoms with Crippen molar-refractivity contribution in [1.82, 2.24) is 19.8 Å². The van der Waals surface area contributed by atoms with Gasteiger partial charge in [-0.3, -0.25) is 19.5 Å². The van der Waals surface area contributed by atoms with Gasteiger partial charge in [-0.2, -0.15) is 0 Å². The van der Waals surface area contributed by atoms with Gasteiger partial charge in [0, 0.05) is 61.6 Å². The summed E-state index contributed by atoms with van der Waals surface area (Å²) in [5, 5.41) is 2.84. The van der Waals surface area contributed by atoms with Crippen LogP contribution in [0.3, 0.4) is 0 Å². The Morgan fingerprint density at radius 2 is 1.83 bits per heavy atom. The van der Waals surface area contributed by atoms with Crippen molar-refractivity contribution in [1.29, 1.82) is 0 Å². The molecule has 2 aromatic heterocycles. The van der Waals surface area contributed by atoms with Gasteiger partial charge < -0.3 is 10.6 Å². The van der Waals surface area contributed by atoms with Crippen molar-refractivity contribution in [3.05, 3.63) is 71.0 Å². The number of primary amides is 1. The number of pyridine rings is 1. The van der Waals surface area contributed by atoms with Crippen LogP contribution in [0.1, 0.15) is 21.6 Å². The van der Waals surface area contributed by atoms with Crippen LogP contribution in [-0.4, -0.2) is 57.8 Å². The van der Waals surface area contributed by atoms with Gasteiger partial charge in [-0.15, -0.1) is 11.3 Å². The molecule has 8 heteroatoms. The molecule has 1 fully saturated rings. The molecule has 7 nitrogen and oxygen atoms in total. The molecule has 154 valence electrons. The number of carbonyl (C=O) groups is 2.